The van der Waals surface area contributed by atoms with Crippen molar-refractivity contribution in [3.63, 3.8) is 0 Å². The number of aromatic nitrogens is 1. The Balaban J connectivity index is 1.42. The van der Waals surface area contributed by atoms with E-state index in [-0.39, 0.29) is 17.6 Å². The fourth-order valence-electron chi connectivity index (χ4n) is 5.17. The topological polar surface area (TPSA) is 60.9 Å². The number of carbonyl (C=O) groups excluding carboxylic acids is 1. The maximum atomic E-state index is 12.9. The van der Waals surface area contributed by atoms with Crippen molar-refractivity contribution in [3.05, 3.63) is 53.9 Å². The number of benzene rings is 1. The largest absolute Gasteiger partial charge is 0.493 e. The number of likely N-dealkylation sites (tertiary alicyclic amines) is 1. The average Bonchev–Trinajstić information content (AvgIpc) is 2.80. The summed E-state index contributed by atoms with van der Waals surface area (Å²) in [6, 6.07) is 9.59. The number of amides is 1. The van der Waals surface area contributed by atoms with Gasteiger partial charge >= 0.3 is 0 Å². The first kappa shape index (κ1) is 18.4. The van der Waals surface area contributed by atoms with Crippen LogP contribution >= 0.6 is 0 Å². The normalized spacial score (nSPS) is 24.9. The Morgan fingerprint density at radius 1 is 1.21 bits per heavy atom. The van der Waals surface area contributed by atoms with Crippen molar-refractivity contribution in [1.82, 2.24) is 9.88 Å². The lowest BCUT2D eigenvalue weighted by atomic mass is 9.70. The molecule has 2 fully saturated rings. The second-order valence-electron chi connectivity index (χ2n) is 8.11. The van der Waals surface area contributed by atoms with E-state index >= 15 is 0 Å². The predicted molar refractivity (Wildman–Crippen MR) is 107 cm³/mol. The van der Waals surface area contributed by atoms with Crippen LogP contribution in [0.4, 0.5) is 0 Å². The maximum Gasteiger partial charge on any atom is 0.253 e. The van der Waals surface area contributed by atoms with Crippen molar-refractivity contribution in [2.75, 3.05) is 26.8 Å². The highest BCUT2D eigenvalue weighted by Crippen LogP contribution is 2.55. The van der Waals surface area contributed by atoms with Crippen molar-refractivity contribution in [1.29, 1.82) is 0 Å². The van der Waals surface area contributed by atoms with Crippen LogP contribution in [-0.4, -0.2) is 48.2 Å². The molecule has 0 unspecified atom stereocenters. The number of piperidine rings is 1. The van der Waals surface area contributed by atoms with Crippen molar-refractivity contribution in [2.45, 2.75) is 37.4 Å². The van der Waals surface area contributed by atoms with Gasteiger partial charge in [0, 0.05) is 62.0 Å². The number of carbonyl (C=O) groups is 1. The van der Waals surface area contributed by atoms with Gasteiger partial charge in [-0.05, 0) is 31.0 Å². The third-order valence-corrected chi connectivity index (χ3v) is 6.66. The molecule has 6 heteroatoms. The Bertz CT molecular complexity index is 893. The zero-order valence-electron chi connectivity index (χ0n) is 16.7. The van der Waals surface area contributed by atoms with Crippen molar-refractivity contribution >= 4 is 5.91 Å². The van der Waals surface area contributed by atoms with E-state index in [4.69, 9.17) is 14.2 Å². The molecule has 2 aromatic rings. The van der Waals surface area contributed by atoms with Gasteiger partial charge in [-0.3, -0.25) is 9.78 Å². The predicted octanol–water partition coefficient (Wildman–Crippen LogP) is 3.63. The molecular formula is C23H26N2O4. The Morgan fingerprint density at radius 3 is 2.76 bits per heavy atom. The van der Waals surface area contributed by atoms with Gasteiger partial charge in [0.05, 0.1) is 13.2 Å². The van der Waals surface area contributed by atoms with E-state index in [2.05, 4.69) is 11.1 Å². The van der Waals surface area contributed by atoms with Crippen LogP contribution in [0.25, 0.3) is 0 Å². The second kappa shape index (κ2) is 7.34. The molecule has 6 nitrogen and oxygen atoms in total. The number of ether oxygens (including phenoxy) is 3. The van der Waals surface area contributed by atoms with Crippen LogP contribution in [0.15, 0.2) is 42.7 Å². The molecule has 3 aliphatic heterocycles. The fourth-order valence-corrected chi connectivity index (χ4v) is 5.17. The van der Waals surface area contributed by atoms with E-state index in [1.54, 1.807) is 31.6 Å². The Labute approximate surface area is 170 Å². The maximum absolute atomic E-state index is 12.9. The highest BCUT2D eigenvalue weighted by molar-refractivity contribution is 5.94. The summed E-state index contributed by atoms with van der Waals surface area (Å²) in [6.45, 7) is 2.13. The molecule has 0 saturated carbocycles. The molecular weight excluding hydrogens is 368 g/mol. The van der Waals surface area contributed by atoms with Crippen LogP contribution in [0.1, 0.15) is 47.7 Å². The van der Waals surface area contributed by atoms with Crippen molar-refractivity contribution < 1.29 is 19.0 Å². The number of methoxy groups -OCH3 is 1. The third kappa shape index (κ3) is 3.06. The third-order valence-electron chi connectivity index (χ3n) is 6.66. The molecule has 5 rings (SSSR count). The van der Waals surface area contributed by atoms with Crippen molar-refractivity contribution in [2.24, 2.45) is 5.92 Å². The summed E-state index contributed by atoms with van der Waals surface area (Å²) in [5.41, 5.74) is 1.46. The summed E-state index contributed by atoms with van der Waals surface area (Å²) in [7, 11) is 1.68. The standard InChI is InChI=1S/C23H26N2O4/c1-27-19-6-2-4-17-20-18(5-3-15-28-20)23(29-21(17)19)9-13-25(14-10-23)22(26)16-7-11-24-12-8-16/h2,4,6-8,11-12,18,20H,3,5,9-10,13-15H2,1H3/t18-,20+/m0/s1. The van der Waals surface area contributed by atoms with Crippen LogP contribution in [0.3, 0.4) is 0 Å². The zero-order chi connectivity index (χ0) is 19.8. The summed E-state index contributed by atoms with van der Waals surface area (Å²) in [5, 5.41) is 0. The number of fused-ring (bicyclic) bond motifs is 4. The summed E-state index contributed by atoms with van der Waals surface area (Å²) >= 11 is 0. The molecule has 0 radical (unpaired) electrons. The summed E-state index contributed by atoms with van der Waals surface area (Å²) < 4.78 is 18.6. The first-order valence-corrected chi connectivity index (χ1v) is 10.4. The molecule has 4 heterocycles. The van der Waals surface area contributed by atoms with Gasteiger partial charge in [0.2, 0.25) is 0 Å². The van der Waals surface area contributed by atoms with E-state index in [0.29, 0.717) is 24.6 Å². The van der Waals surface area contributed by atoms with Crippen LogP contribution in [0, 0.1) is 5.92 Å². The molecule has 1 spiro atoms. The lowest BCUT2D eigenvalue weighted by Gasteiger charge is -2.53. The van der Waals surface area contributed by atoms with E-state index in [1.807, 2.05) is 17.0 Å². The smallest absolute Gasteiger partial charge is 0.253 e. The van der Waals surface area contributed by atoms with Crippen LogP contribution in [0.5, 0.6) is 11.5 Å². The van der Waals surface area contributed by atoms with Crippen LogP contribution in [-0.2, 0) is 4.74 Å². The van der Waals surface area contributed by atoms with E-state index < -0.39 is 0 Å². The fraction of sp³-hybridized carbons (Fsp3) is 0.478. The lowest BCUT2D eigenvalue weighted by molar-refractivity contribution is -0.147. The van der Waals surface area contributed by atoms with Gasteiger partial charge in [-0.1, -0.05) is 12.1 Å². The zero-order valence-corrected chi connectivity index (χ0v) is 16.7. The first-order valence-electron chi connectivity index (χ1n) is 10.4. The first-order chi connectivity index (χ1) is 14.2. The minimum atomic E-state index is -0.318. The SMILES string of the molecule is COc1cccc2c1OC1(CCN(C(=O)c3ccncc3)CC1)[C@H]1CCCO[C@H]21. The van der Waals surface area contributed by atoms with Gasteiger partial charge in [-0.2, -0.15) is 0 Å². The number of pyridine rings is 1. The van der Waals surface area contributed by atoms with Crippen LogP contribution in [0.2, 0.25) is 0 Å². The monoisotopic (exact) mass is 394 g/mol. The molecule has 1 aromatic carbocycles. The minimum Gasteiger partial charge on any atom is -0.493 e. The van der Waals surface area contributed by atoms with Gasteiger partial charge in [0.1, 0.15) is 5.60 Å². The molecule has 152 valence electrons. The molecule has 0 N–H and O–H groups in total. The van der Waals surface area contributed by atoms with Crippen molar-refractivity contribution in [3.8, 4) is 11.5 Å². The highest BCUT2D eigenvalue weighted by Gasteiger charge is 2.53. The molecule has 0 bridgehead atoms. The lowest BCUT2D eigenvalue weighted by Crippen LogP contribution is -2.57. The quantitative estimate of drug-likeness (QED) is 0.779. The van der Waals surface area contributed by atoms with Gasteiger partial charge in [0.15, 0.2) is 11.5 Å². The molecule has 1 aromatic heterocycles. The van der Waals surface area contributed by atoms with Gasteiger partial charge in [-0.15, -0.1) is 0 Å². The van der Waals surface area contributed by atoms with E-state index in [9.17, 15) is 4.79 Å². The van der Waals surface area contributed by atoms with Gasteiger partial charge in [-0.25, -0.2) is 0 Å². The van der Waals surface area contributed by atoms with Gasteiger partial charge in [0.25, 0.3) is 5.91 Å². The average molecular weight is 394 g/mol. The number of hydrogen-bond acceptors (Lipinski definition) is 5. The second-order valence-corrected chi connectivity index (χ2v) is 8.11. The van der Waals surface area contributed by atoms with Crippen LogP contribution < -0.4 is 9.47 Å². The minimum absolute atomic E-state index is 0.0325. The molecule has 1 amide bonds. The number of hydrogen-bond donors (Lipinski definition) is 0. The molecule has 0 aliphatic carbocycles. The molecule has 29 heavy (non-hydrogen) atoms. The molecule has 3 aliphatic rings. The Kier molecular flexibility index (Phi) is 4.66. The summed E-state index contributed by atoms with van der Waals surface area (Å²) in [6.07, 6.45) is 7.08. The Hall–Kier alpha value is -2.60. The Morgan fingerprint density at radius 2 is 2.00 bits per heavy atom. The molecule has 2 saturated heterocycles. The number of nitrogens with zero attached hydrogens (tertiary/aromatic N) is 2. The molecule has 2 atom stereocenters. The summed E-state index contributed by atoms with van der Waals surface area (Å²) in [4.78, 5) is 18.8. The highest BCUT2D eigenvalue weighted by atomic mass is 16.5. The van der Waals surface area contributed by atoms with E-state index in [0.717, 1.165) is 49.4 Å². The van der Waals surface area contributed by atoms with Gasteiger partial charge < -0.3 is 19.1 Å². The summed E-state index contributed by atoms with van der Waals surface area (Å²) in [5.74, 6) is 1.93. The van der Waals surface area contributed by atoms with E-state index in [1.165, 1.54) is 0 Å². The number of rotatable bonds is 2. The number of para-hydroxylation sites is 1.